The molecule has 1 unspecified atom stereocenters. The molecule has 2 nitrogen and oxygen atoms in total. The number of nitrogens with zero attached hydrogens (tertiary/aromatic N) is 1. The lowest BCUT2D eigenvalue weighted by Crippen LogP contribution is -2.19. The lowest BCUT2D eigenvalue weighted by Gasteiger charge is -2.22. The van der Waals surface area contributed by atoms with Crippen molar-refractivity contribution in [3.63, 3.8) is 0 Å². The lowest BCUT2D eigenvalue weighted by atomic mass is 10.0. The van der Waals surface area contributed by atoms with Gasteiger partial charge in [-0.2, -0.15) is 0 Å². The SMILES string of the molecule is CC(C)CCC(C)Nc1cc(Br)ccc1N(C)C. The molecule has 1 N–H and O–H groups in total. The van der Waals surface area contributed by atoms with Gasteiger partial charge in [0.15, 0.2) is 0 Å². The van der Waals surface area contributed by atoms with Crippen molar-refractivity contribution in [2.24, 2.45) is 5.92 Å². The van der Waals surface area contributed by atoms with Crippen molar-refractivity contribution in [1.82, 2.24) is 0 Å². The van der Waals surface area contributed by atoms with Crippen molar-refractivity contribution in [2.45, 2.75) is 39.7 Å². The van der Waals surface area contributed by atoms with Gasteiger partial charge in [-0.1, -0.05) is 29.8 Å². The van der Waals surface area contributed by atoms with Gasteiger partial charge in [0, 0.05) is 24.6 Å². The third kappa shape index (κ3) is 4.89. The summed E-state index contributed by atoms with van der Waals surface area (Å²) in [6.45, 7) is 6.80. The Labute approximate surface area is 120 Å². The van der Waals surface area contributed by atoms with Crippen LogP contribution in [0.2, 0.25) is 0 Å². The van der Waals surface area contributed by atoms with Gasteiger partial charge in [-0.15, -0.1) is 0 Å². The van der Waals surface area contributed by atoms with E-state index in [1.54, 1.807) is 0 Å². The average molecular weight is 313 g/mol. The van der Waals surface area contributed by atoms with Gasteiger partial charge in [-0.3, -0.25) is 0 Å². The standard InChI is InChI=1S/C15H25BrN2/c1-11(2)6-7-12(3)17-14-10-13(16)8-9-15(14)18(4)5/h8-12,17H,6-7H2,1-5H3. The molecule has 102 valence electrons. The Morgan fingerprint density at radius 2 is 1.83 bits per heavy atom. The molecule has 0 spiro atoms. The van der Waals surface area contributed by atoms with Crippen molar-refractivity contribution in [3.8, 4) is 0 Å². The summed E-state index contributed by atoms with van der Waals surface area (Å²) >= 11 is 3.54. The summed E-state index contributed by atoms with van der Waals surface area (Å²) in [5.41, 5.74) is 2.43. The van der Waals surface area contributed by atoms with Crippen LogP contribution in [0.15, 0.2) is 22.7 Å². The molecule has 0 bridgehead atoms. The zero-order valence-electron chi connectivity index (χ0n) is 12.1. The maximum atomic E-state index is 3.62. The van der Waals surface area contributed by atoms with E-state index in [9.17, 15) is 0 Å². The highest BCUT2D eigenvalue weighted by Gasteiger charge is 2.09. The van der Waals surface area contributed by atoms with Crippen LogP contribution < -0.4 is 10.2 Å². The summed E-state index contributed by atoms with van der Waals surface area (Å²) in [5.74, 6) is 0.769. The van der Waals surface area contributed by atoms with Gasteiger partial charge >= 0.3 is 0 Å². The number of hydrogen-bond donors (Lipinski definition) is 1. The van der Waals surface area contributed by atoms with Crippen LogP contribution in [0.4, 0.5) is 11.4 Å². The second kappa shape index (κ2) is 7.03. The fraction of sp³-hybridized carbons (Fsp3) is 0.600. The first-order valence-electron chi connectivity index (χ1n) is 6.63. The summed E-state index contributed by atoms with van der Waals surface area (Å²) in [6, 6.07) is 6.88. The molecule has 0 saturated heterocycles. The van der Waals surface area contributed by atoms with E-state index in [4.69, 9.17) is 0 Å². The van der Waals surface area contributed by atoms with Gasteiger partial charge in [-0.25, -0.2) is 0 Å². The van der Waals surface area contributed by atoms with Gasteiger partial charge in [0.25, 0.3) is 0 Å². The summed E-state index contributed by atoms with van der Waals surface area (Å²) in [5, 5.41) is 3.62. The van der Waals surface area contributed by atoms with Crippen LogP contribution in [0.3, 0.4) is 0 Å². The number of hydrogen-bond acceptors (Lipinski definition) is 2. The molecule has 1 rings (SSSR count). The fourth-order valence-corrected chi connectivity index (χ4v) is 2.30. The van der Waals surface area contributed by atoms with Crippen molar-refractivity contribution >= 4 is 27.3 Å². The topological polar surface area (TPSA) is 15.3 Å². The van der Waals surface area contributed by atoms with Gasteiger partial charge in [0.05, 0.1) is 11.4 Å². The summed E-state index contributed by atoms with van der Waals surface area (Å²) in [4.78, 5) is 2.14. The van der Waals surface area contributed by atoms with E-state index in [0.29, 0.717) is 6.04 Å². The number of rotatable bonds is 6. The van der Waals surface area contributed by atoms with E-state index >= 15 is 0 Å². The molecule has 1 aromatic carbocycles. The smallest absolute Gasteiger partial charge is 0.0597 e. The number of benzene rings is 1. The molecule has 0 radical (unpaired) electrons. The van der Waals surface area contributed by atoms with Gasteiger partial charge in [-0.05, 0) is 43.9 Å². The van der Waals surface area contributed by atoms with Crippen LogP contribution in [-0.2, 0) is 0 Å². The zero-order chi connectivity index (χ0) is 13.7. The monoisotopic (exact) mass is 312 g/mol. The molecule has 0 amide bonds. The molecule has 0 fully saturated rings. The minimum absolute atomic E-state index is 0.500. The first kappa shape index (κ1) is 15.4. The van der Waals surface area contributed by atoms with Crippen LogP contribution in [0.1, 0.15) is 33.6 Å². The van der Waals surface area contributed by atoms with Crippen molar-refractivity contribution in [1.29, 1.82) is 0 Å². The molecule has 0 aliphatic rings. The molecule has 0 heterocycles. The predicted octanol–water partition coefficient (Wildman–Crippen LogP) is 4.75. The average Bonchev–Trinajstić information content (AvgIpc) is 2.26. The number of nitrogens with one attached hydrogen (secondary N) is 1. The minimum Gasteiger partial charge on any atom is -0.381 e. The molecule has 0 aromatic heterocycles. The van der Waals surface area contributed by atoms with Crippen LogP contribution >= 0.6 is 15.9 Å². The van der Waals surface area contributed by atoms with Crippen LogP contribution in [-0.4, -0.2) is 20.1 Å². The Morgan fingerprint density at radius 3 is 2.39 bits per heavy atom. The molecule has 0 aliphatic heterocycles. The quantitative estimate of drug-likeness (QED) is 0.815. The summed E-state index contributed by atoms with van der Waals surface area (Å²) < 4.78 is 1.12. The van der Waals surface area contributed by atoms with Gasteiger partial charge in [0.1, 0.15) is 0 Å². The second-order valence-corrected chi connectivity index (χ2v) is 6.49. The van der Waals surface area contributed by atoms with Crippen molar-refractivity contribution in [2.75, 3.05) is 24.3 Å². The molecule has 0 aliphatic carbocycles. The summed E-state index contributed by atoms with van der Waals surface area (Å²) in [6.07, 6.45) is 2.47. The largest absolute Gasteiger partial charge is 0.381 e. The maximum Gasteiger partial charge on any atom is 0.0597 e. The zero-order valence-corrected chi connectivity index (χ0v) is 13.7. The molecule has 3 heteroatoms. The third-order valence-electron chi connectivity index (χ3n) is 3.02. The van der Waals surface area contributed by atoms with E-state index < -0.39 is 0 Å². The Hall–Kier alpha value is -0.700. The number of anilines is 2. The lowest BCUT2D eigenvalue weighted by molar-refractivity contribution is 0.528. The minimum atomic E-state index is 0.500. The number of halogens is 1. The molecular formula is C15H25BrN2. The van der Waals surface area contributed by atoms with Crippen molar-refractivity contribution in [3.05, 3.63) is 22.7 Å². The Kier molecular flexibility index (Phi) is 6.00. The Morgan fingerprint density at radius 1 is 1.17 bits per heavy atom. The fourth-order valence-electron chi connectivity index (χ4n) is 1.93. The molecule has 1 aromatic rings. The highest BCUT2D eigenvalue weighted by atomic mass is 79.9. The van der Waals surface area contributed by atoms with E-state index in [0.717, 1.165) is 10.4 Å². The van der Waals surface area contributed by atoms with E-state index in [-0.39, 0.29) is 0 Å². The van der Waals surface area contributed by atoms with Crippen LogP contribution in [0.25, 0.3) is 0 Å². The predicted molar refractivity (Wildman–Crippen MR) is 85.6 cm³/mol. The van der Waals surface area contributed by atoms with E-state index in [1.807, 2.05) is 0 Å². The normalized spacial score (nSPS) is 12.6. The molecule has 1 atom stereocenters. The second-order valence-electron chi connectivity index (χ2n) is 5.57. The Bertz CT molecular complexity index is 375. The first-order valence-corrected chi connectivity index (χ1v) is 7.43. The highest BCUT2D eigenvalue weighted by Crippen LogP contribution is 2.29. The maximum absolute atomic E-state index is 3.62. The van der Waals surface area contributed by atoms with Crippen molar-refractivity contribution < 1.29 is 0 Å². The van der Waals surface area contributed by atoms with Gasteiger partial charge in [0.2, 0.25) is 0 Å². The van der Waals surface area contributed by atoms with Crippen LogP contribution in [0, 0.1) is 5.92 Å². The summed E-state index contributed by atoms with van der Waals surface area (Å²) in [7, 11) is 4.15. The van der Waals surface area contributed by atoms with E-state index in [1.165, 1.54) is 24.2 Å². The third-order valence-corrected chi connectivity index (χ3v) is 3.51. The molecule has 18 heavy (non-hydrogen) atoms. The molecule has 0 saturated carbocycles. The van der Waals surface area contributed by atoms with E-state index in [2.05, 4.69) is 79.2 Å². The van der Waals surface area contributed by atoms with Crippen LogP contribution in [0.5, 0.6) is 0 Å². The Balaban J connectivity index is 2.73. The first-order chi connectivity index (χ1) is 8.40. The molecular weight excluding hydrogens is 288 g/mol. The van der Waals surface area contributed by atoms with Gasteiger partial charge < -0.3 is 10.2 Å². The highest BCUT2D eigenvalue weighted by molar-refractivity contribution is 9.10.